The fraction of sp³-hybridized carbons (Fsp3) is 0.556. The van der Waals surface area contributed by atoms with Gasteiger partial charge in [0, 0.05) is 5.57 Å². The van der Waals surface area contributed by atoms with Crippen molar-refractivity contribution in [1.29, 1.82) is 0 Å². The van der Waals surface area contributed by atoms with Crippen LogP contribution >= 0.6 is 0 Å². The summed E-state index contributed by atoms with van der Waals surface area (Å²) in [6, 6.07) is 0. The van der Waals surface area contributed by atoms with Crippen molar-refractivity contribution in [3.05, 3.63) is 11.6 Å². The van der Waals surface area contributed by atoms with Gasteiger partial charge in [0.05, 0.1) is 5.41 Å². The molecular weight excluding hydrogens is 140 g/mol. The van der Waals surface area contributed by atoms with Gasteiger partial charge in [0.15, 0.2) is 0 Å². The van der Waals surface area contributed by atoms with E-state index in [2.05, 4.69) is 0 Å². The molecule has 2 aliphatic carbocycles. The Morgan fingerprint density at radius 3 is 2.91 bits per heavy atom. The smallest absolute Gasteiger partial charge is 0.146 e. The summed E-state index contributed by atoms with van der Waals surface area (Å²) in [7, 11) is 0. The van der Waals surface area contributed by atoms with Crippen LogP contribution in [0.2, 0.25) is 0 Å². The van der Waals surface area contributed by atoms with E-state index in [1.165, 1.54) is 0 Å². The summed E-state index contributed by atoms with van der Waals surface area (Å²) in [6.45, 7) is 0. The van der Waals surface area contributed by atoms with Crippen molar-refractivity contribution in [2.45, 2.75) is 19.3 Å². The lowest BCUT2D eigenvalue weighted by Gasteiger charge is -2.13. The lowest BCUT2D eigenvalue weighted by Crippen LogP contribution is -2.14. The van der Waals surface area contributed by atoms with Crippen molar-refractivity contribution in [1.82, 2.24) is 0 Å². The molecule has 0 saturated heterocycles. The minimum atomic E-state index is -0.333. The molecule has 0 aromatic rings. The number of allylic oxidation sites excluding steroid dienone is 2. The van der Waals surface area contributed by atoms with Crippen LogP contribution in [0, 0.1) is 11.3 Å². The highest BCUT2D eigenvalue weighted by Gasteiger charge is 2.57. The van der Waals surface area contributed by atoms with Gasteiger partial charge < -0.3 is 4.79 Å². The molecule has 2 aliphatic rings. The molecule has 0 aromatic carbocycles. The third-order valence-electron chi connectivity index (χ3n) is 2.91. The van der Waals surface area contributed by atoms with E-state index in [4.69, 9.17) is 0 Å². The van der Waals surface area contributed by atoms with E-state index in [1.54, 1.807) is 0 Å². The van der Waals surface area contributed by atoms with Gasteiger partial charge in [-0.3, -0.25) is 4.79 Å². The van der Waals surface area contributed by atoms with Crippen LogP contribution in [0.25, 0.3) is 0 Å². The van der Waals surface area contributed by atoms with E-state index in [1.807, 2.05) is 6.08 Å². The van der Waals surface area contributed by atoms with Gasteiger partial charge in [-0.05, 0) is 25.2 Å². The highest BCUT2D eigenvalue weighted by atomic mass is 16.1. The molecule has 58 valence electrons. The Morgan fingerprint density at radius 2 is 2.36 bits per heavy atom. The van der Waals surface area contributed by atoms with Gasteiger partial charge >= 0.3 is 0 Å². The van der Waals surface area contributed by atoms with Gasteiger partial charge in [0.2, 0.25) is 0 Å². The number of fused-ring (bicyclic) bond motifs is 1. The maximum atomic E-state index is 10.7. The van der Waals surface area contributed by atoms with E-state index < -0.39 is 0 Å². The second-order valence-electron chi connectivity index (χ2n) is 3.41. The van der Waals surface area contributed by atoms with E-state index in [9.17, 15) is 9.59 Å². The maximum Gasteiger partial charge on any atom is 0.146 e. The summed E-state index contributed by atoms with van der Waals surface area (Å²) in [6.07, 6.45) is 6.65. The van der Waals surface area contributed by atoms with Gasteiger partial charge in [-0.2, -0.15) is 0 Å². The lowest BCUT2D eigenvalue weighted by molar-refractivity contribution is -0.114. The van der Waals surface area contributed by atoms with Gasteiger partial charge in [-0.1, -0.05) is 6.08 Å². The van der Waals surface area contributed by atoms with Crippen molar-refractivity contribution in [2.24, 2.45) is 11.3 Å². The molecule has 0 radical (unpaired) electrons. The zero-order valence-corrected chi connectivity index (χ0v) is 6.25. The zero-order chi connectivity index (χ0) is 7.90. The Morgan fingerprint density at radius 1 is 1.55 bits per heavy atom. The fourth-order valence-corrected chi connectivity index (χ4v) is 2.06. The van der Waals surface area contributed by atoms with E-state index in [0.717, 1.165) is 37.4 Å². The average Bonchev–Trinajstić information content (AvgIpc) is 2.78. The van der Waals surface area contributed by atoms with Crippen molar-refractivity contribution < 1.29 is 9.59 Å². The first-order chi connectivity index (χ1) is 5.33. The Balaban J connectivity index is 2.35. The Kier molecular flexibility index (Phi) is 1.25. The predicted octanol–water partition coefficient (Wildman–Crippen LogP) is 1.11. The molecule has 0 bridgehead atoms. The van der Waals surface area contributed by atoms with Crippen LogP contribution in [-0.2, 0) is 9.59 Å². The molecule has 0 N–H and O–H groups in total. The molecule has 1 fully saturated rings. The minimum Gasteiger partial charge on any atom is -0.302 e. The molecule has 2 heteroatoms. The summed E-state index contributed by atoms with van der Waals surface area (Å²) in [5.41, 5.74) is 0.392. The molecule has 0 aliphatic heterocycles. The Hall–Kier alpha value is -0.920. The highest BCUT2D eigenvalue weighted by Crippen LogP contribution is 2.60. The molecule has 2 atom stereocenters. The molecular formula is C9H10O2. The number of hydrogen-bond acceptors (Lipinski definition) is 2. The van der Waals surface area contributed by atoms with Crippen LogP contribution < -0.4 is 0 Å². The van der Waals surface area contributed by atoms with Crippen LogP contribution in [0.1, 0.15) is 19.3 Å². The van der Waals surface area contributed by atoms with Crippen LogP contribution in [0.4, 0.5) is 0 Å². The lowest BCUT2D eigenvalue weighted by atomic mass is 9.89. The predicted molar refractivity (Wildman–Crippen MR) is 40.0 cm³/mol. The standard InChI is InChI=1S/C9H10O2/c10-5-8-3-1-2-7-4-9(7,8)6-11/h3,5-7H,1-2,4H2/t7-,9-/m0/s1. The van der Waals surface area contributed by atoms with Gasteiger partial charge in [0.25, 0.3) is 0 Å². The van der Waals surface area contributed by atoms with Crippen molar-refractivity contribution in [3.63, 3.8) is 0 Å². The van der Waals surface area contributed by atoms with Crippen LogP contribution in [0.3, 0.4) is 0 Å². The molecule has 2 rings (SSSR count). The maximum absolute atomic E-state index is 10.7. The Bertz CT molecular complexity index is 242. The molecule has 0 spiro atoms. The second-order valence-corrected chi connectivity index (χ2v) is 3.41. The summed E-state index contributed by atoms with van der Waals surface area (Å²) >= 11 is 0. The van der Waals surface area contributed by atoms with Gasteiger partial charge in [-0.25, -0.2) is 0 Å². The number of rotatable bonds is 2. The first kappa shape index (κ1) is 6.77. The first-order valence-electron chi connectivity index (χ1n) is 3.95. The molecule has 0 heterocycles. The van der Waals surface area contributed by atoms with E-state index in [-0.39, 0.29) is 5.41 Å². The van der Waals surface area contributed by atoms with Crippen molar-refractivity contribution in [3.8, 4) is 0 Å². The van der Waals surface area contributed by atoms with Crippen LogP contribution in [-0.4, -0.2) is 12.6 Å². The third-order valence-corrected chi connectivity index (χ3v) is 2.91. The summed E-state index contributed by atoms with van der Waals surface area (Å²) in [5.74, 6) is 0.477. The molecule has 1 saturated carbocycles. The monoisotopic (exact) mass is 150 g/mol. The number of hydrogen-bond donors (Lipinski definition) is 0. The normalized spacial score (nSPS) is 40.4. The van der Waals surface area contributed by atoms with Crippen molar-refractivity contribution >= 4 is 12.6 Å². The summed E-state index contributed by atoms with van der Waals surface area (Å²) < 4.78 is 0. The van der Waals surface area contributed by atoms with Gasteiger partial charge in [-0.15, -0.1) is 0 Å². The number of carbonyl (C=O) groups excluding carboxylic acids is 2. The largest absolute Gasteiger partial charge is 0.302 e. The summed E-state index contributed by atoms with van der Waals surface area (Å²) in [5, 5.41) is 0. The number of carbonyl (C=O) groups is 2. The molecule has 11 heavy (non-hydrogen) atoms. The number of aldehydes is 2. The second kappa shape index (κ2) is 2.03. The zero-order valence-electron chi connectivity index (χ0n) is 6.25. The van der Waals surface area contributed by atoms with Crippen LogP contribution in [0.15, 0.2) is 11.6 Å². The molecule has 0 unspecified atom stereocenters. The van der Waals surface area contributed by atoms with Crippen LogP contribution in [0.5, 0.6) is 0 Å². The third kappa shape index (κ3) is 0.724. The SMILES string of the molecule is O=CC1=CCC[C@H]2C[C@@]12C=O. The van der Waals surface area contributed by atoms with Gasteiger partial charge in [0.1, 0.15) is 12.6 Å². The topological polar surface area (TPSA) is 34.1 Å². The molecule has 0 amide bonds. The highest BCUT2D eigenvalue weighted by molar-refractivity contribution is 5.87. The van der Waals surface area contributed by atoms with Crippen molar-refractivity contribution in [2.75, 3.05) is 0 Å². The Labute approximate surface area is 65.3 Å². The first-order valence-corrected chi connectivity index (χ1v) is 3.95. The fourth-order valence-electron chi connectivity index (χ4n) is 2.06. The minimum absolute atomic E-state index is 0.333. The van der Waals surface area contributed by atoms with E-state index in [0.29, 0.717) is 5.92 Å². The summed E-state index contributed by atoms with van der Waals surface area (Å²) in [4.78, 5) is 21.2. The average molecular weight is 150 g/mol. The molecule has 2 nitrogen and oxygen atoms in total. The van der Waals surface area contributed by atoms with E-state index >= 15 is 0 Å². The quantitative estimate of drug-likeness (QED) is 0.552. The molecule has 0 aromatic heterocycles.